The Hall–Kier alpha value is -2.56. The standard InChI is InChI=1S/C20H26FN3O/c1-5-7-15(4)24-19-12-16(20(22)25)9-11-18(19)23-13-14(3)8-10-17(21)6-2/h6,8-9,11-13,17H,2,5,7,10H2,1,3-4H3,(H2,22,25)/b14-8+,23-13+,24-15+. The maximum Gasteiger partial charge on any atom is 0.248 e. The number of aliphatic imine (C=N–C) groups is 2. The lowest BCUT2D eigenvalue weighted by molar-refractivity contribution is 0.100. The molecule has 2 N–H and O–H groups in total. The number of alkyl halides is 1. The molecule has 0 saturated heterocycles. The Morgan fingerprint density at radius 2 is 2.08 bits per heavy atom. The lowest BCUT2D eigenvalue weighted by Crippen LogP contribution is -2.10. The lowest BCUT2D eigenvalue weighted by atomic mass is 10.1. The Balaban J connectivity index is 3.12. The lowest BCUT2D eigenvalue weighted by Gasteiger charge is -2.05. The molecule has 0 aliphatic rings. The topological polar surface area (TPSA) is 67.8 Å². The van der Waals surface area contributed by atoms with Crippen LogP contribution in [0.2, 0.25) is 0 Å². The maximum absolute atomic E-state index is 13.2. The number of carbonyl (C=O) groups is 1. The predicted octanol–water partition coefficient (Wildman–Crippen LogP) is 5.24. The van der Waals surface area contributed by atoms with Gasteiger partial charge in [0, 0.05) is 23.9 Å². The van der Waals surface area contributed by atoms with Gasteiger partial charge in [-0.2, -0.15) is 0 Å². The van der Waals surface area contributed by atoms with Crippen LogP contribution >= 0.6 is 0 Å². The molecule has 5 heteroatoms. The molecule has 1 atom stereocenters. The second kappa shape index (κ2) is 10.3. The Kier molecular flexibility index (Phi) is 8.47. The van der Waals surface area contributed by atoms with E-state index in [0.717, 1.165) is 24.1 Å². The number of hydrogen-bond donors (Lipinski definition) is 1. The second-order valence-corrected chi connectivity index (χ2v) is 5.86. The smallest absolute Gasteiger partial charge is 0.248 e. The third kappa shape index (κ3) is 7.25. The van der Waals surface area contributed by atoms with Crippen LogP contribution in [-0.4, -0.2) is 24.0 Å². The monoisotopic (exact) mass is 343 g/mol. The van der Waals surface area contributed by atoms with Crippen molar-refractivity contribution in [2.45, 2.75) is 46.2 Å². The first-order valence-electron chi connectivity index (χ1n) is 8.32. The fraction of sp³-hybridized carbons (Fsp3) is 0.350. The average molecular weight is 343 g/mol. The molecule has 0 bridgehead atoms. The first kappa shape index (κ1) is 20.5. The van der Waals surface area contributed by atoms with Crippen LogP contribution in [0.4, 0.5) is 15.8 Å². The van der Waals surface area contributed by atoms with Gasteiger partial charge < -0.3 is 5.73 Å². The van der Waals surface area contributed by atoms with Crippen molar-refractivity contribution in [3.8, 4) is 0 Å². The summed E-state index contributed by atoms with van der Waals surface area (Å²) >= 11 is 0. The zero-order chi connectivity index (χ0) is 18.8. The van der Waals surface area contributed by atoms with E-state index < -0.39 is 12.1 Å². The number of carbonyl (C=O) groups excluding carboxylic acids is 1. The van der Waals surface area contributed by atoms with Crippen molar-refractivity contribution in [2.24, 2.45) is 15.7 Å². The minimum Gasteiger partial charge on any atom is -0.366 e. The Labute approximate surface area is 149 Å². The summed E-state index contributed by atoms with van der Waals surface area (Å²) in [6, 6.07) is 4.98. The van der Waals surface area contributed by atoms with E-state index in [1.54, 1.807) is 30.5 Å². The van der Waals surface area contributed by atoms with Crippen LogP contribution in [-0.2, 0) is 0 Å². The van der Waals surface area contributed by atoms with Gasteiger partial charge in [-0.05, 0) is 44.0 Å². The molecule has 0 aliphatic heterocycles. The van der Waals surface area contributed by atoms with E-state index in [1.807, 2.05) is 13.8 Å². The molecule has 0 heterocycles. The van der Waals surface area contributed by atoms with Crippen molar-refractivity contribution < 1.29 is 9.18 Å². The molecular formula is C20H26FN3O. The second-order valence-electron chi connectivity index (χ2n) is 5.86. The quantitative estimate of drug-likeness (QED) is 0.483. The van der Waals surface area contributed by atoms with Gasteiger partial charge in [-0.15, -0.1) is 6.58 Å². The minimum atomic E-state index is -1.06. The van der Waals surface area contributed by atoms with Crippen LogP contribution in [0, 0.1) is 0 Å². The summed E-state index contributed by atoms with van der Waals surface area (Å²) in [6.45, 7) is 9.29. The van der Waals surface area contributed by atoms with E-state index in [0.29, 0.717) is 16.9 Å². The summed E-state index contributed by atoms with van der Waals surface area (Å²) in [4.78, 5) is 20.4. The molecular weight excluding hydrogens is 317 g/mol. The normalized spacial score (nSPS) is 13.9. The van der Waals surface area contributed by atoms with E-state index in [4.69, 9.17) is 5.73 Å². The predicted molar refractivity (Wildman–Crippen MR) is 104 cm³/mol. The van der Waals surface area contributed by atoms with Gasteiger partial charge in [0.25, 0.3) is 0 Å². The average Bonchev–Trinajstić information content (AvgIpc) is 2.58. The molecule has 1 rings (SSSR count). The molecule has 1 aromatic rings. The third-order valence-electron chi connectivity index (χ3n) is 3.51. The third-order valence-corrected chi connectivity index (χ3v) is 3.51. The minimum absolute atomic E-state index is 0.266. The summed E-state index contributed by atoms with van der Waals surface area (Å²) in [7, 11) is 0. The molecule has 0 aromatic heterocycles. The van der Waals surface area contributed by atoms with Crippen molar-refractivity contribution in [3.05, 3.63) is 48.1 Å². The molecule has 0 aliphatic carbocycles. The van der Waals surface area contributed by atoms with Crippen LogP contribution < -0.4 is 5.73 Å². The summed E-state index contributed by atoms with van der Waals surface area (Å²) in [5.41, 5.74) is 8.76. The fourth-order valence-electron chi connectivity index (χ4n) is 2.12. The van der Waals surface area contributed by atoms with Crippen molar-refractivity contribution in [2.75, 3.05) is 0 Å². The zero-order valence-electron chi connectivity index (χ0n) is 15.1. The van der Waals surface area contributed by atoms with Gasteiger partial charge in [-0.1, -0.05) is 25.5 Å². The van der Waals surface area contributed by atoms with Crippen molar-refractivity contribution in [3.63, 3.8) is 0 Å². The molecule has 0 saturated carbocycles. The van der Waals surface area contributed by atoms with Gasteiger partial charge in [-0.3, -0.25) is 14.8 Å². The van der Waals surface area contributed by atoms with E-state index in [-0.39, 0.29) is 6.42 Å². The van der Waals surface area contributed by atoms with Gasteiger partial charge in [-0.25, -0.2) is 4.39 Å². The number of allylic oxidation sites excluding steroid dienone is 3. The van der Waals surface area contributed by atoms with Crippen LogP contribution in [0.1, 0.15) is 50.4 Å². The van der Waals surface area contributed by atoms with Crippen LogP contribution in [0.15, 0.2) is 52.5 Å². The van der Waals surface area contributed by atoms with Gasteiger partial charge in [0.15, 0.2) is 0 Å². The Morgan fingerprint density at radius 1 is 1.36 bits per heavy atom. The molecule has 25 heavy (non-hydrogen) atoms. The Bertz CT molecular complexity index is 705. The Morgan fingerprint density at radius 3 is 2.68 bits per heavy atom. The number of halogens is 1. The summed E-state index contributed by atoms with van der Waals surface area (Å²) < 4.78 is 13.2. The number of amides is 1. The maximum atomic E-state index is 13.2. The number of rotatable bonds is 9. The fourth-order valence-corrected chi connectivity index (χ4v) is 2.12. The molecule has 0 fully saturated rings. The summed E-state index contributed by atoms with van der Waals surface area (Å²) in [5.74, 6) is -0.505. The highest BCUT2D eigenvalue weighted by atomic mass is 19.1. The molecule has 4 nitrogen and oxygen atoms in total. The van der Waals surface area contributed by atoms with Crippen molar-refractivity contribution in [1.82, 2.24) is 0 Å². The molecule has 1 unspecified atom stereocenters. The number of nitrogens with zero attached hydrogens (tertiary/aromatic N) is 2. The molecule has 1 amide bonds. The van der Waals surface area contributed by atoms with Crippen LogP contribution in [0.3, 0.4) is 0 Å². The highest BCUT2D eigenvalue weighted by molar-refractivity contribution is 5.96. The molecule has 1 aromatic carbocycles. The number of primary amides is 1. The number of benzene rings is 1. The first-order chi connectivity index (χ1) is 11.9. The van der Waals surface area contributed by atoms with Gasteiger partial charge in [0.05, 0.1) is 11.4 Å². The van der Waals surface area contributed by atoms with E-state index in [1.165, 1.54) is 6.08 Å². The largest absolute Gasteiger partial charge is 0.366 e. The van der Waals surface area contributed by atoms with Gasteiger partial charge in [0.2, 0.25) is 5.91 Å². The van der Waals surface area contributed by atoms with Crippen LogP contribution in [0.5, 0.6) is 0 Å². The summed E-state index contributed by atoms with van der Waals surface area (Å²) in [5, 5.41) is 0. The molecule has 0 spiro atoms. The molecule has 134 valence electrons. The summed E-state index contributed by atoms with van der Waals surface area (Å²) in [6.07, 6.45) is 5.74. The zero-order valence-corrected chi connectivity index (χ0v) is 15.1. The SMILES string of the molecule is C=CC(F)C/C=C(C)/C=N/c1ccc(C(N)=O)cc1/N=C(\C)CCC. The van der Waals surface area contributed by atoms with E-state index in [9.17, 15) is 9.18 Å². The highest BCUT2D eigenvalue weighted by Gasteiger charge is 2.06. The first-order valence-corrected chi connectivity index (χ1v) is 8.32. The number of hydrogen-bond acceptors (Lipinski definition) is 3. The number of nitrogens with two attached hydrogens (primary N) is 1. The highest BCUT2D eigenvalue weighted by Crippen LogP contribution is 2.29. The molecule has 0 radical (unpaired) electrons. The van der Waals surface area contributed by atoms with Gasteiger partial charge in [0.1, 0.15) is 6.17 Å². The van der Waals surface area contributed by atoms with Crippen molar-refractivity contribution >= 4 is 29.2 Å². The van der Waals surface area contributed by atoms with Crippen LogP contribution in [0.25, 0.3) is 0 Å². The van der Waals surface area contributed by atoms with E-state index >= 15 is 0 Å². The van der Waals surface area contributed by atoms with E-state index in [2.05, 4.69) is 23.5 Å². The van der Waals surface area contributed by atoms with Crippen molar-refractivity contribution in [1.29, 1.82) is 0 Å². The van der Waals surface area contributed by atoms with Gasteiger partial charge >= 0.3 is 0 Å².